The van der Waals surface area contributed by atoms with Crippen molar-refractivity contribution >= 4 is 29.3 Å². The molecule has 0 aromatic carbocycles. The summed E-state index contributed by atoms with van der Waals surface area (Å²) in [6.45, 7) is 0. The molecule has 0 spiro atoms. The number of hydrogen-bond acceptors (Lipinski definition) is 6. The first kappa shape index (κ1) is 11.7. The van der Waals surface area contributed by atoms with Crippen molar-refractivity contribution in [2.75, 3.05) is 30.6 Å². The molecule has 0 bridgehead atoms. The lowest BCUT2D eigenvalue weighted by atomic mass is 10.2. The maximum Gasteiger partial charge on any atom is 0.322 e. The molecule has 1 aliphatic rings. The molecule has 0 N–H and O–H groups in total. The zero-order valence-electron chi connectivity index (χ0n) is 9.18. The van der Waals surface area contributed by atoms with E-state index in [1.165, 1.54) is 12.9 Å². The van der Waals surface area contributed by atoms with E-state index in [2.05, 4.69) is 15.0 Å². The molecule has 1 unspecified atom stereocenters. The molecule has 1 fully saturated rings. The summed E-state index contributed by atoms with van der Waals surface area (Å²) in [5.41, 5.74) is 0. The molecule has 1 aliphatic heterocycles. The van der Waals surface area contributed by atoms with E-state index in [1.807, 2.05) is 23.7 Å². The Morgan fingerprint density at radius 2 is 2.25 bits per heavy atom. The number of methoxy groups -OCH3 is 1. The smallest absolute Gasteiger partial charge is 0.322 e. The van der Waals surface area contributed by atoms with Gasteiger partial charge in [0.05, 0.1) is 7.11 Å². The van der Waals surface area contributed by atoms with Crippen molar-refractivity contribution in [1.29, 1.82) is 0 Å². The van der Waals surface area contributed by atoms with Gasteiger partial charge in [-0.15, -0.1) is 0 Å². The maximum absolute atomic E-state index is 5.81. The Hall–Kier alpha value is -0.750. The van der Waals surface area contributed by atoms with E-state index in [1.54, 1.807) is 0 Å². The molecule has 7 heteroatoms. The molecule has 0 radical (unpaired) electrons. The Morgan fingerprint density at radius 1 is 1.44 bits per heavy atom. The fourth-order valence-corrected chi connectivity index (χ4v) is 2.98. The molecule has 5 nitrogen and oxygen atoms in total. The second kappa shape index (κ2) is 5.05. The second-order valence-electron chi connectivity index (χ2n) is 3.52. The summed E-state index contributed by atoms with van der Waals surface area (Å²) in [4.78, 5) is 14.2. The molecule has 1 aromatic rings. The van der Waals surface area contributed by atoms with Gasteiger partial charge in [-0.25, -0.2) is 0 Å². The lowest BCUT2D eigenvalue weighted by Gasteiger charge is -2.23. The Morgan fingerprint density at radius 3 is 2.88 bits per heavy atom. The summed E-state index contributed by atoms with van der Waals surface area (Å²) in [5.74, 6) is 2.86. The van der Waals surface area contributed by atoms with E-state index >= 15 is 0 Å². The van der Waals surface area contributed by atoms with Gasteiger partial charge in [0.2, 0.25) is 11.2 Å². The van der Waals surface area contributed by atoms with Crippen LogP contribution in [-0.4, -0.2) is 46.7 Å². The highest BCUT2D eigenvalue weighted by Gasteiger charge is 2.22. The van der Waals surface area contributed by atoms with Gasteiger partial charge >= 0.3 is 6.01 Å². The first-order chi connectivity index (χ1) is 7.70. The predicted molar refractivity (Wildman–Crippen MR) is 65.5 cm³/mol. The summed E-state index contributed by atoms with van der Waals surface area (Å²) in [5, 5.41) is 0.166. The van der Waals surface area contributed by atoms with Gasteiger partial charge in [0.15, 0.2) is 0 Å². The van der Waals surface area contributed by atoms with Crippen LogP contribution in [0.2, 0.25) is 5.28 Å². The van der Waals surface area contributed by atoms with Crippen molar-refractivity contribution in [1.82, 2.24) is 15.0 Å². The minimum absolute atomic E-state index is 0.166. The van der Waals surface area contributed by atoms with Gasteiger partial charge < -0.3 is 9.64 Å². The molecular weight excluding hydrogens is 248 g/mol. The minimum atomic E-state index is 0.166. The van der Waals surface area contributed by atoms with Crippen molar-refractivity contribution in [3.8, 4) is 6.01 Å². The van der Waals surface area contributed by atoms with E-state index in [9.17, 15) is 0 Å². The van der Waals surface area contributed by atoms with Crippen LogP contribution in [0.25, 0.3) is 0 Å². The predicted octanol–water partition coefficient (Wildman–Crippen LogP) is 1.48. The minimum Gasteiger partial charge on any atom is -0.467 e. The number of anilines is 1. The molecule has 2 rings (SSSR count). The average molecular weight is 261 g/mol. The number of ether oxygens (including phenoxy) is 1. The van der Waals surface area contributed by atoms with Gasteiger partial charge in [0, 0.05) is 18.8 Å². The number of rotatable bonds is 3. The van der Waals surface area contributed by atoms with Crippen LogP contribution in [0, 0.1) is 0 Å². The fourth-order valence-electron chi connectivity index (χ4n) is 1.56. The van der Waals surface area contributed by atoms with Gasteiger partial charge in [-0.3, -0.25) is 0 Å². The van der Waals surface area contributed by atoms with Crippen molar-refractivity contribution in [3.63, 3.8) is 0 Å². The SMILES string of the molecule is COc1nc(Cl)nc(N(C)C2CCSC2)n1. The quantitative estimate of drug-likeness (QED) is 0.821. The highest BCUT2D eigenvalue weighted by atomic mass is 35.5. The van der Waals surface area contributed by atoms with Crippen LogP contribution >= 0.6 is 23.4 Å². The van der Waals surface area contributed by atoms with E-state index in [0.717, 1.165) is 12.2 Å². The Labute approximate surface area is 104 Å². The first-order valence-corrected chi connectivity index (χ1v) is 6.50. The monoisotopic (exact) mass is 260 g/mol. The first-order valence-electron chi connectivity index (χ1n) is 4.97. The largest absolute Gasteiger partial charge is 0.467 e. The number of nitrogens with zero attached hydrogens (tertiary/aromatic N) is 4. The third kappa shape index (κ3) is 2.49. The molecule has 88 valence electrons. The van der Waals surface area contributed by atoms with Gasteiger partial charge in [-0.05, 0) is 23.8 Å². The van der Waals surface area contributed by atoms with Crippen LogP contribution in [0.4, 0.5) is 5.95 Å². The van der Waals surface area contributed by atoms with Crippen molar-refractivity contribution < 1.29 is 4.74 Å². The highest BCUT2D eigenvalue weighted by Crippen LogP contribution is 2.24. The molecular formula is C9H13ClN4OS. The fraction of sp³-hybridized carbons (Fsp3) is 0.667. The summed E-state index contributed by atoms with van der Waals surface area (Å²) in [7, 11) is 3.49. The lowest BCUT2D eigenvalue weighted by molar-refractivity contribution is 0.377. The van der Waals surface area contributed by atoms with Gasteiger partial charge in [0.25, 0.3) is 0 Å². The van der Waals surface area contributed by atoms with Crippen molar-refractivity contribution in [3.05, 3.63) is 5.28 Å². The topological polar surface area (TPSA) is 51.1 Å². The number of hydrogen-bond donors (Lipinski definition) is 0. The van der Waals surface area contributed by atoms with Gasteiger partial charge in [-0.1, -0.05) is 0 Å². The van der Waals surface area contributed by atoms with Crippen LogP contribution in [0.1, 0.15) is 6.42 Å². The standard InChI is InChI=1S/C9H13ClN4OS/c1-14(6-3-4-16-5-6)8-11-7(10)12-9(13-8)15-2/h6H,3-5H2,1-2H3. The average Bonchev–Trinajstić information content (AvgIpc) is 2.80. The summed E-state index contributed by atoms with van der Waals surface area (Å²) in [6, 6.07) is 0.723. The molecule has 16 heavy (non-hydrogen) atoms. The number of thioether (sulfide) groups is 1. The highest BCUT2D eigenvalue weighted by molar-refractivity contribution is 7.99. The Kier molecular flexibility index (Phi) is 3.70. The summed E-state index contributed by atoms with van der Waals surface area (Å²) < 4.78 is 4.97. The zero-order valence-corrected chi connectivity index (χ0v) is 10.8. The molecule has 0 amide bonds. The molecule has 1 atom stereocenters. The van der Waals surface area contributed by atoms with E-state index < -0.39 is 0 Å². The third-order valence-electron chi connectivity index (χ3n) is 2.53. The van der Waals surface area contributed by atoms with Gasteiger partial charge in [-0.2, -0.15) is 26.7 Å². The van der Waals surface area contributed by atoms with E-state index in [-0.39, 0.29) is 11.3 Å². The van der Waals surface area contributed by atoms with Crippen molar-refractivity contribution in [2.24, 2.45) is 0 Å². The van der Waals surface area contributed by atoms with Crippen LogP contribution < -0.4 is 9.64 Å². The molecule has 1 aromatic heterocycles. The Bertz CT molecular complexity index is 373. The molecule has 0 aliphatic carbocycles. The van der Waals surface area contributed by atoms with Crippen LogP contribution in [0.5, 0.6) is 6.01 Å². The summed E-state index contributed by atoms with van der Waals surface area (Å²) in [6.07, 6.45) is 1.15. The van der Waals surface area contributed by atoms with Crippen LogP contribution in [-0.2, 0) is 0 Å². The third-order valence-corrected chi connectivity index (χ3v) is 3.84. The van der Waals surface area contributed by atoms with Crippen LogP contribution in [0.15, 0.2) is 0 Å². The second-order valence-corrected chi connectivity index (χ2v) is 5.01. The van der Waals surface area contributed by atoms with Gasteiger partial charge in [0.1, 0.15) is 0 Å². The maximum atomic E-state index is 5.81. The molecule has 2 heterocycles. The van der Waals surface area contributed by atoms with E-state index in [4.69, 9.17) is 16.3 Å². The molecule has 1 saturated heterocycles. The van der Waals surface area contributed by atoms with Crippen LogP contribution in [0.3, 0.4) is 0 Å². The normalized spacial score (nSPS) is 19.8. The van der Waals surface area contributed by atoms with Crippen molar-refractivity contribution in [2.45, 2.75) is 12.5 Å². The summed E-state index contributed by atoms with van der Waals surface area (Å²) >= 11 is 7.75. The number of halogens is 1. The van der Waals surface area contributed by atoms with E-state index in [0.29, 0.717) is 12.0 Å². The lowest BCUT2D eigenvalue weighted by Crippen LogP contribution is -2.32. The zero-order chi connectivity index (χ0) is 11.5. The Balaban J connectivity index is 2.21. The number of aromatic nitrogens is 3. The molecule has 0 saturated carbocycles.